The largest absolute Gasteiger partial charge is 0.368 e. The third-order valence-corrected chi connectivity index (χ3v) is 5.27. The summed E-state index contributed by atoms with van der Waals surface area (Å²) in [6.45, 7) is 6.36. The first-order valence-corrected chi connectivity index (χ1v) is 7.80. The van der Waals surface area contributed by atoms with Gasteiger partial charge in [0.2, 0.25) is 0 Å². The van der Waals surface area contributed by atoms with E-state index in [-0.39, 0.29) is 5.60 Å². The van der Waals surface area contributed by atoms with Crippen LogP contribution >= 0.6 is 22.6 Å². The molecule has 1 saturated carbocycles. The van der Waals surface area contributed by atoms with Gasteiger partial charge in [-0.15, -0.1) is 0 Å². The van der Waals surface area contributed by atoms with Crippen LogP contribution in [0.15, 0.2) is 0 Å². The smallest absolute Gasteiger partial charge is 0.261 e. The molecule has 0 aromatic heterocycles. The number of halogens is 3. The van der Waals surface area contributed by atoms with Crippen LogP contribution in [-0.2, 0) is 4.74 Å². The molecule has 4 heteroatoms. The molecule has 0 N–H and O–H groups in total. The molecule has 0 bridgehead atoms. The van der Waals surface area contributed by atoms with Crippen molar-refractivity contribution in [3.05, 3.63) is 0 Å². The van der Waals surface area contributed by atoms with Crippen molar-refractivity contribution in [2.45, 2.75) is 58.5 Å². The Morgan fingerprint density at radius 2 is 1.82 bits per heavy atom. The normalized spacial score (nSPS) is 30.9. The van der Waals surface area contributed by atoms with E-state index in [9.17, 15) is 8.78 Å². The third-order valence-electron chi connectivity index (χ3n) is 3.88. The van der Waals surface area contributed by atoms with Gasteiger partial charge in [0.05, 0.1) is 5.60 Å². The van der Waals surface area contributed by atoms with E-state index < -0.39 is 13.0 Å². The van der Waals surface area contributed by atoms with Crippen molar-refractivity contribution in [1.29, 1.82) is 0 Å². The second-order valence-corrected chi connectivity index (χ2v) is 6.92. The predicted octanol–water partition coefficient (Wildman–Crippen LogP) is 4.68. The second kappa shape index (κ2) is 6.13. The van der Waals surface area contributed by atoms with Crippen molar-refractivity contribution < 1.29 is 13.5 Å². The molecular formula is C13H23F2IO. The Labute approximate surface area is 117 Å². The molecule has 0 unspecified atom stereocenters. The molecule has 0 saturated heterocycles. The quantitative estimate of drug-likeness (QED) is 0.523. The minimum Gasteiger partial charge on any atom is -0.368 e. The SMILES string of the molecule is CC(C)(C)C1CCC(CI)(OCC(F)F)CC1. The minimum atomic E-state index is -2.35. The lowest BCUT2D eigenvalue weighted by molar-refractivity contribution is -0.103. The Morgan fingerprint density at radius 1 is 1.29 bits per heavy atom. The summed E-state index contributed by atoms with van der Waals surface area (Å²) >= 11 is 2.26. The summed E-state index contributed by atoms with van der Waals surface area (Å²) in [5, 5.41) is 0. The fraction of sp³-hybridized carbons (Fsp3) is 1.00. The van der Waals surface area contributed by atoms with Gasteiger partial charge in [0.1, 0.15) is 6.61 Å². The standard InChI is InChI=1S/C13H23F2IO/c1-12(2,3)10-4-6-13(9-16,7-5-10)17-8-11(14)15/h10-11H,4-9H2,1-3H3. The van der Waals surface area contributed by atoms with Crippen LogP contribution in [0.25, 0.3) is 0 Å². The van der Waals surface area contributed by atoms with Crippen LogP contribution < -0.4 is 0 Å². The molecule has 0 aromatic carbocycles. The summed E-state index contributed by atoms with van der Waals surface area (Å²) in [5.41, 5.74) is 0.0267. The highest BCUT2D eigenvalue weighted by atomic mass is 127. The first-order valence-electron chi connectivity index (χ1n) is 6.27. The van der Waals surface area contributed by atoms with Crippen LogP contribution in [0, 0.1) is 11.3 Å². The van der Waals surface area contributed by atoms with E-state index in [2.05, 4.69) is 43.4 Å². The molecule has 0 amide bonds. The maximum absolute atomic E-state index is 12.2. The molecule has 1 fully saturated rings. The number of ether oxygens (including phenoxy) is 1. The minimum absolute atomic E-state index is 0.293. The van der Waals surface area contributed by atoms with Crippen LogP contribution in [-0.4, -0.2) is 23.1 Å². The Balaban J connectivity index is 2.51. The molecule has 102 valence electrons. The van der Waals surface area contributed by atoms with Gasteiger partial charge in [0, 0.05) is 4.43 Å². The summed E-state index contributed by atoms with van der Waals surface area (Å²) in [5.74, 6) is 0.689. The molecule has 0 atom stereocenters. The van der Waals surface area contributed by atoms with E-state index in [4.69, 9.17) is 4.74 Å². The number of hydrogen-bond acceptors (Lipinski definition) is 1. The van der Waals surface area contributed by atoms with Crippen molar-refractivity contribution >= 4 is 22.6 Å². The zero-order chi connectivity index (χ0) is 13.1. The molecule has 1 rings (SSSR count). The zero-order valence-corrected chi connectivity index (χ0v) is 13.1. The summed E-state index contributed by atoms with van der Waals surface area (Å²) < 4.78 is 30.8. The maximum Gasteiger partial charge on any atom is 0.261 e. The average Bonchev–Trinajstić information content (AvgIpc) is 2.26. The summed E-state index contributed by atoms with van der Waals surface area (Å²) in [7, 11) is 0. The van der Waals surface area contributed by atoms with Crippen molar-refractivity contribution in [3.8, 4) is 0 Å². The molecular weight excluding hydrogens is 337 g/mol. The van der Waals surface area contributed by atoms with Gasteiger partial charge in [0.25, 0.3) is 6.43 Å². The molecule has 1 nitrogen and oxygen atoms in total. The highest BCUT2D eigenvalue weighted by Gasteiger charge is 2.39. The van der Waals surface area contributed by atoms with Gasteiger partial charge in [-0.05, 0) is 37.0 Å². The first-order chi connectivity index (χ1) is 7.79. The Hall–Kier alpha value is 0.550. The Morgan fingerprint density at radius 3 is 2.18 bits per heavy atom. The van der Waals surface area contributed by atoms with Gasteiger partial charge in [-0.2, -0.15) is 0 Å². The molecule has 1 aliphatic rings. The van der Waals surface area contributed by atoms with Gasteiger partial charge in [-0.3, -0.25) is 0 Å². The van der Waals surface area contributed by atoms with Crippen LogP contribution in [0.2, 0.25) is 0 Å². The van der Waals surface area contributed by atoms with Crippen LogP contribution in [0.4, 0.5) is 8.78 Å². The van der Waals surface area contributed by atoms with E-state index in [0.717, 1.165) is 30.1 Å². The zero-order valence-electron chi connectivity index (χ0n) is 10.9. The van der Waals surface area contributed by atoms with Crippen molar-refractivity contribution in [1.82, 2.24) is 0 Å². The lowest BCUT2D eigenvalue weighted by Gasteiger charge is -2.43. The molecule has 0 aliphatic heterocycles. The number of alkyl halides is 3. The first kappa shape index (κ1) is 15.6. The number of hydrogen-bond donors (Lipinski definition) is 0. The van der Waals surface area contributed by atoms with Crippen molar-refractivity contribution in [2.75, 3.05) is 11.0 Å². The fourth-order valence-electron chi connectivity index (χ4n) is 2.57. The van der Waals surface area contributed by atoms with E-state index in [1.165, 1.54) is 0 Å². The van der Waals surface area contributed by atoms with E-state index in [0.29, 0.717) is 11.3 Å². The summed E-state index contributed by atoms with van der Waals surface area (Å²) in [4.78, 5) is 0. The summed E-state index contributed by atoms with van der Waals surface area (Å²) in [6.07, 6.45) is 1.68. The molecule has 1 aliphatic carbocycles. The van der Waals surface area contributed by atoms with Crippen molar-refractivity contribution in [2.24, 2.45) is 11.3 Å². The highest BCUT2D eigenvalue weighted by molar-refractivity contribution is 14.1. The van der Waals surface area contributed by atoms with Crippen LogP contribution in [0.3, 0.4) is 0 Å². The van der Waals surface area contributed by atoms with Crippen molar-refractivity contribution in [3.63, 3.8) is 0 Å². The second-order valence-electron chi connectivity index (χ2n) is 6.16. The number of rotatable bonds is 4. The van der Waals surface area contributed by atoms with Gasteiger partial charge in [0.15, 0.2) is 0 Å². The molecule has 0 aromatic rings. The summed E-state index contributed by atoms with van der Waals surface area (Å²) in [6, 6.07) is 0. The van der Waals surface area contributed by atoms with Crippen LogP contribution in [0.5, 0.6) is 0 Å². The lowest BCUT2D eigenvalue weighted by Crippen LogP contribution is -2.42. The van der Waals surface area contributed by atoms with Crippen LogP contribution in [0.1, 0.15) is 46.5 Å². The van der Waals surface area contributed by atoms with Gasteiger partial charge in [-0.1, -0.05) is 43.4 Å². The van der Waals surface area contributed by atoms with E-state index in [1.807, 2.05) is 0 Å². The molecule has 0 spiro atoms. The van der Waals surface area contributed by atoms with E-state index >= 15 is 0 Å². The lowest BCUT2D eigenvalue weighted by atomic mass is 9.69. The highest BCUT2D eigenvalue weighted by Crippen LogP contribution is 2.43. The van der Waals surface area contributed by atoms with Gasteiger partial charge >= 0.3 is 0 Å². The average molecular weight is 360 g/mol. The predicted molar refractivity (Wildman–Crippen MR) is 75.0 cm³/mol. The third kappa shape index (κ3) is 4.62. The van der Waals surface area contributed by atoms with E-state index in [1.54, 1.807) is 0 Å². The maximum atomic E-state index is 12.2. The monoisotopic (exact) mass is 360 g/mol. The molecule has 17 heavy (non-hydrogen) atoms. The van der Waals surface area contributed by atoms with Gasteiger partial charge < -0.3 is 4.74 Å². The Bertz CT molecular complexity index is 230. The molecule has 0 radical (unpaired) electrons. The molecule has 0 heterocycles. The fourth-order valence-corrected chi connectivity index (χ4v) is 3.55. The van der Waals surface area contributed by atoms with Gasteiger partial charge in [-0.25, -0.2) is 8.78 Å². The Kier molecular flexibility index (Phi) is 5.63. The topological polar surface area (TPSA) is 9.23 Å².